The van der Waals surface area contributed by atoms with Crippen molar-refractivity contribution in [1.29, 1.82) is 0 Å². The van der Waals surface area contributed by atoms with Crippen LogP contribution in [0.5, 0.6) is 11.5 Å². The molecule has 1 aliphatic rings. The summed E-state index contributed by atoms with van der Waals surface area (Å²) in [7, 11) is 0. The first-order valence-corrected chi connectivity index (χ1v) is 6.41. The van der Waals surface area contributed by atoms with E-state index < -0.39 is 0 Å². The topological polar surface area (TPSA) is 48.1 Å². The van der Waals surface area contributed by atoms with Gasteiger partial charge in [-0.05, 0) is 37.1 Å². The molecule has 2 N–H and O–H groups in total. The Labute approximate surface area is 116 Å². The van der Waals surface area contributed by atoms with Gasteiger partial charge in [0.2, 0.25) is 0 Å². The second kappa shape index (κ2) is 5.22. The Morgan fingerprint density at radius 3 is 2.70 bits per heavy atom. The zero-order chi connectivity index (χ0) is 13.9. The van der Waals surface area contributed by atoms with Crippen molar-refractivity contribution >= 4 is 5.82 Å². The summed E-state index contributed by atoms with van der Waals surface area (Å²) in [6.07, 6.45) is 3.98. The maximum Gasteiger partial charge on any atom is 0.170 e. The summed E-state index contributed by atoms with van der Waals surface area (Å²) in [6, 6.07) is 7.49. The third-order valence-corrected chi connectivity index (χ3v) is 2.92. The summed E-state index contributed by atoms with van der Waals surface area (Å²) < 4.78 is 18.4. The number of benzene rings is 1. The number of rotatable bonds is 2. The molecule has 4 heteroatoms. The van der Waals surface area contributed by atoms with E-state index in [9.17, 15) is 4.39 Å². The lowest BCUT2D eigenvalue weighted by Crippen LogP contribution is -1.96. The van der Waals surface area contributed by atoms with Gasteiger partial charge in [-0.15, -0.1) is 0 Å². The summed E-state index contributed by atoms with van der Waals surface area (Å²) >= 11 is 0. The lowest BCUT2D eigenvalue weighted by Gasteiger charge is -2.07. The Morgan fingerprint density at radius 1 is 1.25 bits per heavy atom. The number of hydrogen-bond acceptors (Lipinski definition) is 3. The normalized spacial score (nSPS) is 13.4. The van der Waals surface area contributed by atoms with Crippen molar-refractivity contribution < 1.29 is 9.13 Å². The van der Waals surface area contributed by atoms with Crippen molar-refractivity contribution in [1.82, 2.24) is 4.98 Å². The molecule has 1 fully saturated rings. The third kappa shape index (κ3) is 3.07. The van der Waals surface area contributed by atoms with Crippen LogP contribution in [0.2, 0.25) is 0 Å². The maximum absolute atomic E-state index is 12.8. The number of halogens is 1. The number of anilines is 1. The number of hydrogen-bond donors (Lipinski definition) is 1. The van der Waals surface area contributed by atoms with Gasteiger partial charge in [-0.1, -0.05) is 11.8 Å². The molecular formula is C16H13FN2O. The van der Waals surface area contributed by atoms with Crippen molar-refractivity contribution in [3.05, 3.63) is 47.9 Å². The van der Waals surface area contributed by atoms with Gasteiger partial charge in [0.1, 0.15) is 11.6 Å². The van der Waals surface area contributed by atoms with Gasteiger partial charge in [-0.25, -0.2) is 9.37 Å². The van der Waals surface area contributed by atoms with Gasteiger partial charge in [0.25, 0.3) is 0 Å². The quantitative estimate of drug-likeness (QED) is 0.850. The van der Waals surface area contributed by atoms with Gasteiger partial charge in [0.05, 0.1) is 0 Å². The monoisotopic (exact) mass is 268 g/mol. The largest absolute Gasteiger partial charge is 0.453 e. The van der Waals surface area contributed by atoms with Crippen molar-refractivity contribution in [3.63, 3.8) is 0 Å². The first kappa shape index (κ1) is 12.5. The number of pyridine rings is 1. The number of ether oxygens (including phenoxy) is 1. The summed E-state index contributed by atoms with van der Waals surface area (Å²) in [6.45, 7) is 0. The molecule has 1 aromatic carbocycles. The van der Waals surface area contributed by atoms with Crippen LogP contribution in [0.4, 0.5) is 10.2 Å². The Balaban J connectivity index is 1.82. The minimum Gasteiger partial charge on any atom is -0.453 e. The predicted molar refractivity (Wildman–Crippen MR) is 74.7 cm³/mol. The zero-order valence-electron chi connectivity index (χ0n) is 10.8. The molecule has 0 atom stereocenters. The lowest BCUT2D eigenvalue weighted by molar-refractivity contribution is 0.481. The smallest absolute Gasteiger partial charge is 0.170 e. The Kier molecular flexibility index (Phi) is 3.26. The van der Waals surface area contributed by atoms with Gasteiger partial charge in [0.15, 0.2) is 11.6 Å². The van der Waals surface area contributed by atoms with E-state index in [1.54, 1.807) is 12.3 Å². The van der Waals surface area contributed by atoms with Crippen LogP contribution in [0.25, 0.3) is 0 Å². The summed E-state index contributed by atoms with van der Waals surface area (Å²) in [5.41, 5.74) is 6.54. The number of nitrogens with zero attached hydrogens (tertiary/aromatic N) is 1. The Hall–Kier alpha value is -2.54. The fourth-order valence-electron chi connectivity index (χ4n) is 1.65. The molecule has 2 aromatic rings. The highest BCUT2D eigenvalue weighted by molar-refractivity contribution is 5.52. The van der Waals surface area contributed by atoms with E-state index in [4.69, 9.17) is 10.5 Å². The Morgan fingerprint density at radius 2 is 2.00 bits per heavy atom. The Bertz CT molecular complexity index is 682. The third-order valence-electron chi connectivity index (χ3n) is 2.92. The highest BCUT2D eigenvalue weighted by Crippen LogP contribution is 2.29. The molecule has 0 bridgehead atoms. The summed E-state index contributed by atoms with van der Waals surface area (Å²) in [5.74, 6) is 7.65. The van der Waals surface area contributed by atoms with Crippen molar-refractivity contribution in [2.45, 2.75) is 12.8 Å². The molecule has 1 saturated carbocycles. The van der Waals surface area contributed by atoms with Gasteiger partial charge in [-0.2, -0.15) is 0 Å². The number of aromatic nitrogens is 1. The molecule has 3 rings (SSSR count). The second-order valence-electron chi connectivity index (χ2n) is 4.71. The minimum atomic E-state index is -0.313. The van der Waals surface area contributed by atoms with E-state index in [1.807, 2.05) is 0 Å². The van der Waals surface area contributed by atoms with Gasteiger partial charge >= 0.3 is 0 Å². The SMILES string of the molecule is Nc1ncc(C#CC2CC2)cc1Oc1ccc(F)cc1. The lowest BCUT2D eigenvalue weighted by atomic mass is 10.2. The summed E-state index contributed by atoms with van der Waals surface area (Å²) in [4.78, 5) is 4.07. The average Bonchev–Trinajstić information content (AvgIpc) is 3.26. The highest BCUT2D eigenvalue weighted by atomic mass is 19.1. The number of nitrogens with two attached hydrogens (primary N) is 1. The van der Waals surface area contributed by atoms with Crippen molar-refractivity contribution in [2.75, 3.05) is 5.73 Å². The molecular weight excluding hydrogens is 255 g/mol. The second-order valence-corrected chi connectivity index (χ2v) is 4.71. The molecule has 0 saturated heterocycles. The maximum atomic E-state index is 12.8. The van der Waals surface area contributed by atoms with Crippen LogP contribution in [0.15, 0.2) is 36.5 Å². The number of nitrogen functional groups attached to an aromatic ring is 1. The van der Waals surface area contributed by atoms with Crippen LogP contribution in [-0.4, -0.2) is 4.98 Å². The molecule has 0 spiro atoms. The molecule has 100 valence electrons. The van der Waals surface area contributed by atoms with E-state index in [0.29, 0.717) is 17.4 Å². The molecule has 0 aliphatic heterocycles. The molecule has 1 aromatic heterocycles. The molecule has 1 aliphatic carbocycles. The van der Waals surface area contributed by atoms with E-state index in [1.165, 1.54) is 37.1 Å². The van der Waals surface area contributed by atoms with Gasteiger partial charge < -0.3 is 10.5 Å². The van der Waals surface area contributed by atoms with Crippen LogP contribution in [-0.2, 0) is 0 Å². The standard InChI is InChI=1S/C16H13FN2O/c17-13-5-7-14(8-6-13)20-15-9-12(10-19-16(15)18)4-3-11-1-2-11/h5-11H,1-2H2,(H2,18,19). The molecule has 1 heterocycles. The van der Waals surface area contributed by atoms with E-state index in [0.717, 1.165) is 5.56 Å². The fourth-order valence-corrected chi connectivity index (χ4v) is 1.65. The van der Waals surface area contributed by atoms with Crippen LogP contribution in [0.1, 0.15) is 18.4 Å². The molecule has 0 unspecified atom stereocenters. The average molecular weight is 268 g/mol. The van der Waals surface area contributed by atoms with E-state index >= 15 is 0 Å². The summed E-state index contributed by atoms with van der Waals surface area (Å²) in [5, 5.41) is 0. The fraction of sp³-hybridized carbons (Fsp3) is 0.188. The van der Waals surface area contributed by atoms with E-state index in [-0.39, 0.29) is 11.6 Å². The van der Waals surface area contributed by atoms with Crippen molar-refractivity contribution in [3.8, 4) is 23.3 Å². The van der Waals surface area contributed by atoms with Crippen LogP contribution in [0.3, 0.4) is 0 Å². The van der Waals surface area contributed by atoms with Crippen LogP contribution >= 0.6 is 0 Å². The molecule has 3 nitrogen and oxygen atoms in total. The van der Waals surface area contributed by atoms with Crippen LogP contribution < -0.4 is 10.5 Å². The predicted octanol–water partition coefficient (Wildman–Crippen LogP) is 3.36. The van der Waals surface area contributed by atoms with Gasteiger partial charge in [-0.3, -0.25) is 0 Å². The zero-order valence-corrected chi connectivity index (χ0v) is 10.8. The van der Waals surface area contributed by atoms with E-state index in [2.05, 4.69) is 16.8 Å². The minimum absolute atomic E-state index is 0.284. The first-order chi connectivity index (χ1) is 9.70. The van der Waals surface area contributed by atoms with Crippen LogP contribution in [0, 0.1) is 23.6 Å². The molecule has 0 radical (unpaired) electrons. The molecule has 20 heavy (non-hydrogen) atoms. The van der Waals surface area contributed by atoms with Gasteiger partial charge in [0, 0.05) is 23.7 Å². The van der Waals surface area contributed by atoms with Crippen molar-refractivity contribution in [2.24, 2.45) is 5.92 Å². The molecule has 0 amide bonds. The first-order valence-electron chi connectivity index (χ1n) is 6.41. The highest BCUT2D eigenvalue weighted by Gasteiger charge is 2.17.